The number of hydrogen-bond acceptors (Lipinski definition) is 6. The summed E-state index contributed by atoms with van der Waals surface area (Å²) in [6.45, 7) is 4.00. The number of aryl methyl sites for hydroxylation is 2. The number of methoxy groups -OCH3 is 1. The molecular formula is C22H22N4O3. The number of carbonyl (C=O) groups excluding carboxylic acids is 2. The molecule has 0 saturated heterocycles. The predicted molar refractivity (Wildman–Crippen MR) is 112 cm³/mol. The Morgan fingerprint density at radius 2 is 1.90 bits per heavy atom. The lowest BCUT2D eigenvalue weighted by Crippen LogP contribution is -2.16. The van der Waals surface area contributed by atoms with E-state index in [9.17, 15) is 9.59 Å². The zero-order valence-electron chi connectivity index (χ0n) is 16.5. The summed E-state index contributed by atoms with van der Waals surface area (Å²) in [6, 6.07) is 14.2. The molecule has 0 fully saturated rings. The van der Waals surface area contributed by atoms with Gasteiger partial charge in [-0.2, -0.15) is 0 Å². The molecule has 0 radical (unpaired) electrons. The Balaban J connectivity index is 1.80. The van der Waals surface area contributed by atoms with E-state index in [-0.39, 0.29) is 17.5 Å². The maximum atomic E-state index is 12.7. The van der Waals surface area contributed by atoms with Gasteiger partial charge in [-0.1, -0.05) is 31.2 Å². The van der Waals surface area contributed by atoms with Crippen LogP contribution >= 0.6 is 0 Å². The van der Waals surface area contributed by atoms with E-state index >= 15 is 0 Å². The minimum atomic E-state index is -0.437. The number of aromatic nitrogens is 2. The number of hydrogen-bond donors (Lipinski definition) is 2. The van der Waals surface area contributed by atoms with Crippen molar-refractivity contribution in [3.8, 4) is 0 Å². The van der Waals surface area contributed by atoms with E-state index in [0.29, 0.717) is 11.3 Å². The highest BCUT2D eigenvalue weighted by Gasteiger charge is 2.13. The standard InChI is InChI=1S/C22H22N4O3/c1-4-15-8-5-7-14(2)19(15)26-20(27)18-11-12-23-22(25-18)24-17-10-6-9-16(13-17)21(28)29-3/h5-13H,4H2,1-3H3,(H,26,27)(H,23,24,25). The van der Waals surface area contributed by atoms with E-state index in [1.807, 2.05) is 32.0 Å². The molecule has 3 aromatic rings. The second kappa shape index (κ2) is 8.97. The van der Waals surface area contributed by atoms with Crippen molar-refractivity contribution >= 4 is 29.2 Å². The van der Waals surface area contributed by atoms with Crippen LogP contribution in [0.5, 0.6) is 0 Å². The average molecular weight is 390 g/mol. The molecule has 2 aromatic carbocycles. The maximum absolute atomic E-state index is 12.7. The number of benzene rings is 2. The summed E-state index contributed by atoms with van der Waals surface area (Å²) in [5.41, 5.74) is 4.10. The molecule has 1 aromatic heterocycles. The van der Waals surface area contributed by atoms with Gasteiger partial charge in [0.05, 0.1) is 12.7 Å². The van der Waals surface area contributed by atoms with Crippen molar-refractivity contribution in [3.63, 3.8) is 0 Å². The SMILES string of the molecule is CCc1cccc(C)c1NC(=O)c1ccnc(Nc2cccc(C(=O)OC)c2)n1. The van der Waals surface area contributed by atoms with Crippen LogP contribution in [-0.4, -0.2) is 29.0 Å². The molecule has 0 aliphatic carbocycles. The van der Waals surface area contributed by atoms with Crippen molar-refractivity contribution in [2.24, 2.45) is 0 Å². The highest BCUT2D eigenvalue weighted by atomic mass is 16.5. The number of amides is 1. The van der Waals surface area contributed by atoms with Crippen LogP contribution in [0.1, 0.15) is 38.9 Å². The van der Waals surface area contributed by atoms with Gasteiger partial charge in [-0.3, -0.25) is 4.79 Å². The smallest absolute Gasteiger partial charge is 0.337 e. The minimum Gasteiger partial charge on any atom is -0.465 e. The molecule has 0 aliphatic rings. The summed E-state index contributed by atoms with van der Waals surface area (Å²) in [6.07, 6.45) is 2.32. The molecule has 7 nitrogen and oxygen atoms in total. The second-order valence-electron chi connectivity index (χ2n) is 6.38. The third kappa shape index (κ3) is 4.76. The monoisotopic (exact) mass is 390 g/mol. The Morgan fingerprint density at radius 3 is 2.66 bits per heavy atom. The van der Waals surface area contributed by atoms with E-state index in [4.69, 9.17) is 4.74 Å². The molecule has 1 amide bonds. The average Bonchev–Trinajstić information content (AvgIpc) is 2.74. The van der Waals surface area contributed by atoms with Crippen LogP contribution in [0, 0.1) is 6.92 Å². The van der Waals surface area contributed by atoms with Crippen LogP contribution in [0.3, 0.4) is 0 Å². The van der Waals surface area contributed by atoms with Gasteiger partial charge in [-0.15, -0.1) is 0 Å². The third-order valence-electron chi connectivity index (χ3n) is 4.41. The van der Waals surface area contributed by atoms with Crippen LogP contribution in [0.4, 0.5) is 17.3 Å². The van der Waals surface area contributed by atoms with Crippen LogP contribution in [-0.2, 0) is 11.2 Å². The summed E-state index contributed by atoms with van der Waals surface area (Å²) < 4.78 is 4.73. The first-order valence-electron chi connectivity index (χ1n) is 9.20. The van der Waals surface area contributed by atoms with Crippen molar-refractivity contribution in [2.75, 3.05) is 17.7 Å². The van der Waals surface area contributed by atoms with Gasteiger partial charge in [0, 0.05) is 17.6 Å². The molecule has 0 bridgehead atoms. The molecular weight excluding hydrogens is 368 g/mol. The van der Waals surface area contributed by atoms with Gasteiger partial charge in [-0.25, -0.2) is 14.8 Å². The molecule has 0 atom stereocenters. The lowest BCUT2D eigenvalue weighted by Gasteiger charge is -2.13. The Labute approximate surface area is 169 Å². The maximum Gasteiger partial charge on any atom is 0.337 e. The summed E-state index contributed by atoms with van der Waals surface area (Å²) in [5.74, 6) is -0.504. The first kappa shape index (κ1) is 20.0. The molecule has 3 rings (SSSR count). The second-order valence-corrected chi connectivity index (χ2v) is 6.38. The fraction of sp³-hybridized carbons (Fsp3) is 0.182. The number of ether oxygens (including phenoxy) is 1. The summed E-state index contributed by atoms with van der Waals surface area (Å²) >= 11 is 0. The molecule has 7 heteroatoms. The fourth-order valence-corrected chi connectivity index (χ4v) is 2.90. The number of rotatable bonds is 6. The van der Waals surface area contributed by atoms with E-state index in [0.717, 1.165) is 23.2 Å². The van der Waals surface area contributed by atoms with Crippen molar-refractivity contribution < 1.29 is 14.3 Å². The predicted octanol–water partition coefficient (Wildman–Crippen LogP) is 4.13. The Kier molecular flexibility index (Phi) is 6.19. The van der Waals surface area contributed by atoms with Gasteiger partial charge < -0.3 is 15.4 Å². The van der Waals surface area contributed by atoms with Crippen LogP contribution in [0.2, 0.25) is 0 Å². The van der Waals surface area contributed by atoms with E-state index in [1.165, 1.54) is 13.3 Å². The van der Waals surface area contributed by atoms with Crippen molar-refractivity contribution in [2.45, 2.75) is 20.3 Å². The summed E-state index contributed by atoms with van der Waals surface area (Å²) in [4.78, 5) is 32.9. The first-order chi connectivity index (χ1) is 14.0. The molecule has 1 heterocycles. The molecule has 29 heavy (non-hydrogen) atoms. The molecule has 0 unspecified atom stereocenters. The summed E-state index contributed by atoms with van der Waals surface area (Å²) in [5, 5.41) is 5.96. The highest BCUT2D eigenvalue weighted by molar-refractivity contribution is 6.03. The molecule has 0 spiro atoms. The third-order valence-corrected chi connectivity index (χ3v) is 4.41. The topological polar surface area (TPSA) is 93.2 Å². The van der Waals surface area contributed by atoms with Crippen molar-refractivity contribution in [3.05, 3.63) is 77.1 Å². The largest absolute Gasteiger partial charge is 0.465 e. The van der Waals surface area contributed by atoms with Crippen LogP contribution in [0.15, 0.2) is 54.7 Å². The van der Waals surface area contributed by atoms with Crippen molar-refractivity contribution in [1.82, 2.24) is 9.97 Å². The van der Waals surface area contributed by atoms with Crippen LogP contribution in [0.25, 0.3) is 0 Å². The minimum absolute atomic E-state index is 0.233. The van der Waals surface area contributed by atoms with E-state index in [1.54, 1.807) is 30.3 Å². The zero-order valence-corrected chi connectivity index (χ0v) is 16.5. The van der Waals surface area contributed by atoms with Gasteiger partial charge in [-0.05, 0) is 48.7 Å². The van der Waals surface area contributed by atoms with Gasteiger partial charge in [0.15, 0.2) is 0 Å². The number of carbonyl (C=O) groups is 2. The number of nitrogens with one attached hydrogen (secondary N) is 2. The molecule has 0 aliphatic heterocycles. The van der Waals surface area contributed by atoms with Gasteiger partial charge in [0.25, 0.3) is 5.91 Å². The molecule has 0 saturated carbocycles. The molecule has 2 N–H and O–H groups in total. The normalized spacial score (nSPS) is 10.3. The Hall–Kier alpha value is -3.74. The fourth-order valence-electron chi connectivity index (χ4n) is 2.90. The molecule has 148 valence electrons. The van der Waals surface area contributed by atoms with Gasteiger partial charge in [0.1, 0.15) is 5.69 Å². The highest BCUT2D eigenvalue weighted by Crippen LogP contribution is 2.22. The number of esters is 1. The van der Waals surface area contributed by atoms with Gasteiger partial charge >= 0.3 is 5.97 Å². The summed E-state index contributed by atoms with van der Waals surface area (Å²) in [7, 11) is 1.33. The van der Waals surface area contributed by atoms with E-state index < -0.39 is 5.97 Å². The number of nitrogens with zero attached hydrogens (tertiary/aromatic N) is 2. The lowest BCUT2D eigenvalue weighted by atomic mass is 10.1. The zero-order chi connectivity index (χ0) is 20.8. The van der Waals surface area contributed by atoms with E-state index in [2.05, 4.69) is 20.6 Å². The number of anilines is 3. The number of para-hydroxylation sites is 1. The Bertz CT molecular complexity index is 1050. The van der Waals surface area contributed by atoms with Crippen molar-refractivity contribution in [1.29, 1.82) is 0 Å². The van der Waals surface area contributed by atoms with Crippen LogP contribution < -0.4 is 10.6 Å². The Morgan fingerprint density at radius 1 is 1.10 bits per heavy atom. The quantitative estimate of drug-likeness (QED) is 0.615. The van der Waals surface area contributed by atoms with Gasteiger partial charge in [0.2, 0.25) is 5.95 Å². The first-order valence-corrected chi connectivity index (χ1v) is 9.20. The lowest BCUT2D eigenvalue weighted by molar-refractivity contribution is 0.0600.